The Balaban J connectivity index is 1.58. The van der Waals surface area contributed by atoms with Crippen LogP contribution >= 0.6 is 15.9 Å². The summed E-state index contributed by atoms with van der Waals surface area (Å²) in [7, 11) is 0. The summed E-state index contributed by atoms with van der Waals surface area (Å²) < 4.78 is 3.34. The van der Waals surface area contributed by atoms with Crippen molar-refractivity contribution in [1.82, 2.24) is 20.0 Å². The summed E-state index contributed by atoms with van der Waals surface area (Å²) in [6.45, 7) is 9.87. The summed E-state index contributed by atoms with van der Waals surface area (Å²) in [5.74, 6) is 0.817. The molecule has 0 spiro atoms. The van der Waals surface area contributed by atoms with Gasteiger partial charge in [0.25, 0.3) is 0 Å². The van der Waals surface area contributed by atoms with Crippen molar-refractivity contribution in [2.24, 2.45) is 5.92 Å². The van der Waals surface area contributed by atoms with Gasteiger partial charge in [-0.2, -0.15) is 5.10 Å². The minimum absolute atomic E-state index is 0.817. The molecule has 0 amide bonds. The second-order valence-electron chi connectivity index (χ2n) is 6.59. The van der Waals surface area contributed by atoms with Gasteiger partial charge in [0, 0.05) is 25.7 Å². The van der Waals surface area contributed by atoms with Crippen LogP contribution in [0.3, 0.4) is 0 Å². The Hall–Kier alpha value is -0.390. The van der Waals surface area contributed by atoms with E-state index in [1.54, 1.807) is 0 Å². The van der Waals surface area contributed by atoms with Crippen LogP contribution in [0.25, 0.3) is 0 Å². The van der Waals surface area contributed by atoms with Crippen LogP contribution in [0.5, 0.6) is 0 Å². The fourth-order valence-electron chi connectivity index (χ4n) is 3.31. The quantitative estimate of drug-likeness (QED) is 0.852. The average molecular weight is 355 g/mol. The first-order valence-corrected chi connectivity index (χ1v) is 9.14. The zero-order valence-electron chi connectivity index (χ0n) is 13.2. The number of aromatic nitrogens is 2. The number of likely N-dealkylation sites (tertiary alicyclic amines) is 1. The topological polar surface area (TPSA) is 33.1 Å². The van der Waals surface area contributed by atoms with Crippen molar-refractivity contribution in [2.45, 2.75) is 58.7 Å². The molecule has 118 valence electrons. The van der Waals surface area contributed by atoms with E-state index in [1.807, 2.05) is 0 Å². The van der Waals surface area contributed by atoms with E-state index in [9.17, 15) is 0 Å². The Kier molecular flexibility index (Phi) is 5.02. The van der Waals surface area contributed by atoms with E-state index in [4.69, 9.17) is 0 Å². The largest absolute Gasteiger partial charge is 0.314 e. The fraction of sp³-hybridized carbons (Fsp3) is 0.812. The molecule has 0 aromatic carbocycles. The Morgan fingerprint density at radius 3 is 2.86 bits per heavy atom. The van der Waals surface area contributed by atoms with Crippen LogP contribution in [0.1, 0.15) is 44.0 Å². The predicted octanol–water partition coefficient (Wildman–Crippen LogP) is 2.94. The van der Waals surface area contributed by atoms with Gasteiger partial charge in [0.05, 0.1) is 15.9 Å². The van der Waals surface area contributed by atoms with Gasteiger partial charge in [-0.05, 0) is 74.5 Å². The molecule has 3 rings (SSSR count). The Morgan fingerprint density at radius 1 is 1.33 bits per heavy atom. The van der Waals surface area contributed by atoms with Crippen LogP contribution in [-0.2, 0) is 13.1 Å². The van der Waals surface area contributed by atoms with Crippen molar-refractivity contribution in [1.29, 1.82) is 0 Å². The molecule has 0 radical (unpaired) electrons. The van der Waals surface area contributed by atoms with E-state index in [1.165, 1.54) is 55.5 Å². The highest BCUT2D eigenvalue weighted by molar-refractivity contribution is 9.10. The average Bonchev–Trinajstić information content (AvgIpc) is 3.28. The van der Waals surface area contributed by atoms with Gasteiger partial charge in [0.2, 0.25) is 0 Å². The smallest absolute Gasteiger partial charge is 0.0739 e. The molecule has 1 aromatic rings. The first-order valence-electron chi connectivity index (χ1n) is 8.35. The standard InChI is InChI=1S/C16H27BrN4/c1-3-21-15(16(17)12(2)19-21)11-20-8-4-5-13(10-20)9-18-14-6-7-14/h13-14,18H,3-11H2,1-2H3. The maximum Gasteiger partial charge on any atom is 0.0739 e. The molecule has 2 aliphatic rings. The maximum absolute atomic E-state index is 4.61. The molecule has 1 saturated carbocycles. The molecule has 21 heavy (non-hydrogen) atoms. The molecule has 1 unspecified atom stereocenters. The summed E-state index contributed by atoms with van der Waals surface area (Å²) >= 11 is 3.72. The highest BCUT2D eigenvalue weighted by atomic mass is 79.9. The predicted molar refractivity (Wildman–Crippen MR) is 89.4 cm³/mol. The van der Waals surface area contributed by atoms with Gasteiger partial charge in [-0.1, -0.05) is 0 Å². The van der Waals surface area contributed by atoms with E-state index in [0.717, 1.165) is 30.7 Å². The van der Waals surface area contributed by atoms with Gasteiger partial charge in [-0.25, -0.2) is 0 Å². The van der Waals surface area contributed by atoms with Crippen LogP contribution in [0.15, 0.2) is 4.47 Å². The molecule has 1 N–H and O–H groups in total. The monoisotopic (exact) mass is 354 g/mol. The number of nitrogens with one attached hydrogen (secondary N) is 1. The molecular formula is C16H27BrN4. The molecule has 1 aliphatic heterocycles. The van der Waals surface area contributed by atoms with Gasteiger partial charge in [-0.15, -0.1) is 0 Å². The summed E-state index contributed by atoms with van der Waals surface area (Å²) in [5.41, 5.74) is 2.45. The lowest BCUT2D eigenvalue weighted by atomic mass is 9.98. The third-order valence-corrected chi connectivity index (χ3v) is 5.73. The lowest BCUT2D eigenvalue weighted by molar-refractivity contribution is 0.161. The van der Waals surface area contributed by atoms with Crippen LogP contribution in [-0.4, -0.2) is 40.4 Å². The molecular weight excluding hydrogens is 328 g/mol. The van der Waals surface area contributed by atoms with Crippen LogP contribution in [0.4, 0.5) is 0 Å². The number of nitrogens with zero attached hydrogens (tertiary/aromatic N) is 3. The number of rotatable bonds is 6. The lowest BCUT2D eigenvalue weighted by Crippen LogP contribution is -2.40. The molecule has 1 saturated heterocycles. The summed E-state index contributed by atoms with van der Waals surface area (Å²) in [6.07, 6.45) is 5.48. The third kappa shape index (κ3) is 3.88. The minimum atomic E-state index is 0.817. The number of hydrogen-bond acceptors (Lipinski definition) is 3. The molecule has 1 aromatic heterocycles. The first kappa shape index (κ1) is 15.5. The Labute approximate surface area is 136 Å². The summed E-state index contributed by atoms with van der Waals surface area (Å²) in [6, 6.07) is 0.832. The SMILES string of the molecule is CCn1nc(C)c(Br)c1CN1CCCC(CNC2CC2)C1. The highest BCUT2D eigenvalue weighted by Gasteiger charge is 2.25. The van der Waals surface area contributed by atoms with Crippen LogP contribution < -0.4 is 5.32 Å². The van der Waals surface area contributed by atoms with Crippen molar-refractivity contribution in [3.8, 4) is 0 Å². The van der Waals surface area contributed by atoms with E-state index in [2.05, 4.69) is 49.8 Å². The zero-order chi connectivity index (χ0) is 14.8. The van der Waals surface area contributed by atoms with E-state index < -0.39 is 0 Å². The molecule has 0 bridgehead atoms. The van der Waals surface area contributed by atoms with Crippen molar-refractivity contribution in [3.63, 3.8) is 0 Å². The van der Waals surface area contributed by atoms with Gasteiger partial charge >= 0.3 is 0 Å². The normalized spacial score (nSPS) is 23.7. The Morgan fingerprint density at radius 2 is 2.14 bits per heavy atom. The minimum Gasteiger partial charge on any atom is -0.314 e. The van der Waals surface area contributed by atoms with E-state index >= 15 is 0 Å². The van der Waals surface area contributed by atoms with Gasteiger partial charge < -0.3 is 5.32 Å². The highest BCUT2D eigenvalue weighted by Crippen LogP contribution is 2.25. The second-order valence-corrected chi connectivity index (χ2v) is 7.38. The van der Waals surface area contributed by atoms with Crippen molar-refractivity contribution in [2.75, 3.05) is 19.6 Å². The van der Waals surface area contributed by atoms with Gasteiger partial charge in [0.15, 0.2) is 0 Å². The number of hydrogen-bond donors (Lipinski definition) is 1. The number of piperidine rings is 1. The summed E-state index contributed by atoms with van der Waals surface area (Å²) in [4.78, 5) is 2.61. The van der Waals surface area contributed by atoms with Crippen molar-refractivity contribution in [3.05, 3.63) is 15.9 Å². The van der Waals surface area contributed by atoms with Gasteiger partial charge in [-0.3, -0.25) is 9.58 Å². The molecule has 2 fully saturated rings. The molecule has 1 atom stereocenters. The maximum atomic E-state index is 4.61. The number of halogens is 1. The second kappa shape index (κ2) is 6.80. The third-order valence-electron chi connectivity index (χ3n) is 4.70. The zero-order valence-corrected chi connectivity index (χ0v) is 14.8. The fourth-order valence-corrected chi connectivity index (χ4v) is 3.72. The van der Waals surface area contributed by atoms with Gasteiger partial charge in [0.1, 0.15) is 0 Å². The van der Waals surface area contributed by atoms with Crippen LogP contribution in [0.2, 0.25) is 0 Å². The molecule has 1 aliphatic carbocycles. The molecule has 2 heterocycles. The molecule has 4 nitrogen and oxygen atoms in total. The lowest BCUT2D eigenvalue weighted by Gasteiger charge is -2.33. The number of aryl methyl sites for hydroxylation is 2. The van der Waals surface area contributed by atoms with Crippen molar-refractivity contribution >= 4 is 15.9 Å². The van der Waals surface area contributed by atoms with E-state index in [0.29, 0.717) is 0 Å². The van der Waals surface area contributed by atoms with Crippen molar-refractivity contribution < 1.29 is 0 Å². The Bertz CT molecular complexity index is 481. The molecule has 5 heteroatoms. The van der Waals surface area contributed by atoms with E-state index in [-0.39, 0.29) is 0 Å². The summed E-state index contributed by atoms with van der Waals surface area (Å²) in [5, 5.41) is 8.31. The first-order chi connectivity index (χ1) is 10.2. The van der Waals surface area contributed by atoms with Crippen LogP contribution in [0, 0.1) is 12.8 Å².